The highest BCUT2D eigenvalue weighted by atomic mass is 79.9. The van der Waals surface area contributed by atoms with Crippen LogP contribution in [0.4, 0.5) is 0 Å². The van der Waals surface area contributed by atoms with Gasteiger partial charge in [-0.3, -0.25) is 4.79 Å². The molecule has 1 aromatic heterocycles. The van der Waals surface area contributed by atoms with Gasteiger partial charge in [0, 0.05) is 16.9 Å². The zero-order chi connectivity index (χ0) is 16.2. The van der Waals surface area contributed by atoms with Crippen LogP contribution >= 0.6 is 28.3 Å². The van der Waals surface area contributed by atoms with Crippen LogP contribution in [0.25, 0.3) is 5.69 Å². The molecule has 0 spiro atoms. The topological polar surface area (TPSA) is 85.8 Å². The fourth-order valence-corrected chi connectivity index (χ4v) is 2.77. The summed E-state index contributed by atoms with van der Waals surface area (Å²) in [5.74, 6) is 0.228. The van der Waals surface area contributed by atoms with Gasteiger partial charge in [-0.05, 0) is 56.5 Å². The normalized spacial score (nSPS) is 13.4. The largest absolute Gasteiger partial charge is 0.351 e. The number of halogens is 2. The zero-order valence-electron chi connectivity index (χ0n) is 13.2. The lowest BCUT2D eigenvalue weighted by Gasteiger charge is -2.08. The summed E-state index contributed by atoms with van der Waals surface area (Å²) >= 11 is 3.43. The lowest BCUT2D eigenvalue weighted by molar-refractivity contribution is 0.0947. The molecular formula is C16H21BrClN5O. The molecule has 1 amide bonds. The van der Waals surface area contributed by atoms with Crippen LogP contribution in [-0.2, 0) is 0 Å². The number of carbonyl (C=O) groups is 1. The van der Waals surface area contributed by atoms with Crippen LogP contribution < -0.4 is 11.1 Å². The molecule has 0 aliphatic heterocycles. The fraction of sp³-hybridized carbons (Fsp3) is 0.438. The summed E-state index contributed by atoms with van der Waals surface area (Å²) in [7, 11) is 0. The number of aromatic nitrogens is 3. The average molecular weight is 415 g/mol. The Balaban J connectivity index is 0.00000208. The molecule has 1 aliphatic carbocycles. The minimum absolute atomic E-state index is 0. The summed E-state index contributed by atoms with van der Waals surface area (Å²) < 4.78 is 2.80. The first-order valence-corrected chi connectivity index (χ1v) is 8.70. The van der Waals surface area contributed by atoms with E-state index in [-0.39, 0.29) is 18.3 Å². The number of hydrogen-bond acceptors (Lipinski definition) is 4. The van der Waals surface area contributed by atoms with Gasteiger partial charge in [-0.2, -0.15) is 0 Å². The van der Waals surface area contributed by atoms with E-state index >= 15 is 0 Å². The Bertz CT molecular complexity index is 684. The third kappa shape index (κ3) is 4.34. The number of hydrogen-bond donors (Lipinski definition) is 2. The van der Waals surface area contributed by atoms with Crippen LogP contribution in [0, 0.1) is 0 Å². The Morgan fingerprint density at radius 2 is 2.00 bits per heavy atom. The first-order valence-electron chi connectivity index (χ1n) is 7.90. The average Bonchev–Trinajstić information content (AvgIpc) is 3.30. The van der Waals surface area contributed by atoms with Gasteiger partial charge in [0.1, 0.15) is 0 Å². The van der Waals surface area contributed by atoms with E-state index in [4.69, 9.17) is 5.73 Å². The predicted molar refractivity (Wildman–Crippen MR) is 98.9 cm³/mol. The molecule has 6 nitrogen and oxygen atoms in total. The van der Waals surface area contributed by atoms with Crippen molar-refractivity contribution in [3.8, 4) is 5.69 Å². The van der Waals surface area contributed by atoms with Crippen molar-refractivity contribution in [3.05, 3.63) is 40.1 Å². The molecule has 3 rings (SSSR count). The van der Waals surface area contributed by atoms with E-state index in [1.54, 1.807) is 4.68 Å². The van der Waals surface area contributed by atoms with E-state index in [0.717, 1.165) is 41.5 Å². The van der Waals surface area contributed by atoms with Gasteiger partial charge < -0.3 is 11.1 Å². The van der Waals surface area contributed by atoms with Gasteiger partial charge in [-0.25, -0.2) is 4.68 Å². The van der Waals surface area contributed by atoms with E-state index < -0.39 is 0 Å². The SMILES string of the molecule is Cl.NCCCCNC(=O)c1nnn(-c2ccc(Br)cc2)c1C1CC1. The molecule has 130 valence electrons. The third-order valence-electron chi connectivity index (χ3n) is 3.87. The van der Waals surface area contributed by atoms with Crippen LogP contribution in [0.5, 0.6) is 0 Å². The fourth-order valence-electron chi connectivity index (χ4n) is 2.50. The van der Waals surface area contributed by atoms with Gasteiger partial charge >= 0.3 is 0 Å². The van der Waals surface area contributed by atoms with Crippen LogP contribution in [-0.4, -0.2) is 34.0 Å². The third-order valence-corrected chi connectivity index (χ3v) is 4.40. The summed E-state index contributed by atoms with van der Waals surface area (Å²) in [6, 6.07) is 7.85. The molecular weight excluding hydrogens is 394 g/mol. The second-order valence-corrected chi connectivity index (χ2v) is 6.65. The number of nitrogens with one attached hydrogen (secondary N) is 1. The van der Waals surface area contributed by atoms with Crippen molar-refractivity contribution >= 4 is 34.2 Å². The molecule has 1 heterocycles. The van der Waals surface area contributed by atoms with Gasteiger partial charge in [0.05, 0.1) is 11.4 Å². The standard InChI is InChI=1S/C16H20BrN5O.ClH/c17-12-5-7-13(8-6-12)22-15(11-3-4-11)14(20-21-22)16(23)19-10-2-1-9-18;/h5-8,11H,1-4,9-10,18H2,(H,19,23);1H. The van der Waals surface area contributed by atoms with E-state index in [1.165, 1.54) is 0 Å². The second-order valence-electron chi connectivity index (χ2n) is 5.74. The smallest absolute Gasteiger partial charge is 0.273 e. The Labute approximate surface area is 155 Å². The van der Waals surface area contributed by atoms with Crippen molar-refractivity contribution in [1.82, 2.24) is 20.3 Å². The minimum Gasteiger partial charge on any atom is -0.351 e. The second kappa shape index (κ2) is 8.60. The van der Waals surface area contributed by atoms with Crippen LogP contribution in [0.15, 0.2) is 28.7 Å². The minimum atomic E-state index is -0.146. The number of unbranched alkanes of at least 4 members (excludes halogenated alkanes) is 1. The van der Waals surface area contributed by atoms with E-state index in [0.29, 0.717) is 24.7 Å². The van der Waals surface area contributed by atoms with Crippen molar-refractivity contribution in [2.45, 2.75) is 31.6 Å². The Morgan fingerprint density at radius 3 is 2.62 bits per heavy atom. The van der Waals surface area contributed by atoms with Crippen molar-refractivity contribution in [3.63, 3.8) is 0 Å². The van der Waals surface area contributed by atoms with Crippen molar-refractivity contribution in [1.29, 1.82) is 0 Å². The van der Waals surface area contributed by atoms with Crippen molar-refractivity contribution < 1.29 is 4.79 Å². The highest BCUT2D eigenvalue weighted by molar-refractivity contribution is 9.10. The van der Waals surface area contributed by atoms with E-state index in [2.05, 4.69) is 31.6 Å². The molecule has 24 heavy (non-hydrogen) atoms. The van der Waals surface area contributed by atoms with Crippen LogP contribution in [0.2, 0.25) is 0 Å². The molecule has 1 aromatic carbocycles. The maximum Gasteiger partial charge on any atom is 0.273 e. The molecule has 8 heteroatoms. The number of amides is 1. The first kappa shape index (κ1) is 18.9. The molecule has 3 N–H and O–H groups in total. The first-order chi connectivity index (χ1) is 11.2. The Kier molecular flexibility index (Phi) is 6.77. The lowest BCUT2D eigenvalue weighted by Crippen LogP contribution is -2.26. The number of nitrogens with zero attached hydrogens (tertiary/aromatic N) is 3. The monoisotopic (exact) mass is 413 g/mol. The molecule has 0 unspecified atom stereocenters. The van der Waals surface area contributed by atoms with E-state index in [1.807, 2.05) is 24.3 Å². The maximum absolute atomic E-state index is 12.4. The lowest BCUT2D eigenvalue weighted by atomic mass is 10.2. The molecule has 0 radical (unpaired) electrons. The number of rotatable bonds is 7. The maximum atomic E-state index is 12.4. The summed E-state index contributed by atoms with van der Waals surface area (Å²) in [5, 5.41) is 11.3. The van der Waals surface area contributed by atoms with E-state index in [9.17, 15) is 4.79 Å². The van der Waals surface area contributed by atoms with Crippen molar-refractivity contribution in [2.24, 2.45) is 5.73 Å². The molecule has 0 bridgehead atoms. The quantitative estimate of drug-likeness (QED) is 0.682. The number of nitrogens with two attached hydrogens (primary N) is 1. The molecule has 1 saturated carbocycles. The summed E-state index contributed by atoms with van der Waals surface area (Å²) in [4.78, 5) is 12.4. The highest BCUT2D eigenvalue weighted by Crippen LogP contribution is 2.42. The zero-order valence-corrected chi connectivity index (χ0v) is 15.6. The molecule has 0 saturated heterocycles. The molecule has 0 atom stereocenters. The molecule has 1 aliphatic rings. The van der Waals surface area contributed by atoms with Gasteiger partial charge in [0.2, 0.25) is 0 Å². The Hall–Kier alpha value is -1.44. The summed E-state index contributed by atoms with van der Waals surface area (Å²) in [6.07, 6.45) is 3.94. The van der Waals surface area contributed by atoms with Crippen LogP contribution in [0.3, 0.4) is 0 Å². The van der Waals surface area contributed by atoms with Gasteiger partial charge in [-0.15, -0.1) is 17.5 Å². The summed E-state index contributed by atoms with van der Waals surface area (Å²) in [6.45, 7) is 1.26. The van der Waals surface area contributed by atoms with Gasteiger partial charge in [0.15, 0.2) is 5.69 Å². The molecule has 1 fully saturated rings. The number of carbonyl (C=O) groups excluding carboxylic acids is 1. The summed E-state index contributed by atoms with van der Waals surface area (Å²) in [5.41, 5.74) is 7.75. The van der Waals surface area contributed by atoms with Gasteiger partial charge in [0.25, 0.3) is 5.91 Å². The Morgan fingerprint density at radius 1 is 1.29 bits per heavy atom. The van der Waals surface area contributed by atoms with Crippen molar-refractivity contribution in [2.75, 3.05) is 13.1 Å². The predicted octanol–water partition coefficient (Wildman–Crippen LogP) is 2.80. The molecule has 2 aromatic rings. The highest BCUT2D eigenvalue weighted by Gasteiger charge is 2.34. The number of benzene rings is 1. The van der Waals surface area contributed by atoms with Crippen LogP contribution in [0.1, 0.15) is 47.8 Å². The van der Waals surface area contributed by atoms with Gasteiger partial charge in [-0.1, -0.05) is 21.1 Å².